The molecule has 0 unspecified atom stereocenters. The maximum atomic E-state index is 11.9. The lowest BCUT2D eigenvalue weighted by Gasteiger charge is -2.07. The molecule has 0 spiro atoms. The average Bonchev–Trinajstić information content (AvgIpc) is 2.89. The maximum Gasteiger partial charge on any atom is 0.271 e. The van der Waals surface area contributed by atoms with Crippen LogP contribution in [0.5, 0.6) is 0 Å². The van der Waals surface area contributed by atoms with Gasteiger partial charge in [0.05, 0.1) is 12.7 Å². The molecule has 0 amide bonds. The number of hydrogen-bond acceptors (Lipinski definition) is 5. The van der Waals surface area contributed by atoms with Gasteiger partial charge in [-0.25, -0.2) is 4.98 Å². The van der Waals surface area contributed by atoms with Crippen LogP contribution < -0.4 is 10.9 Å². The Kier molecular flexibility index (Phi) is 3.43. The summed E-state index contributed by atoms with van der Waals surface area (Å²) in [7, 11) is 0. The predicted octanol–water partition coefficient (Wildman–Crippen LogP) is 2.39. The van der Waals surface area contributed by atoms with E-state index >= 15 is 0 Å². The van der Waals surface area contributed by atoms with E-state index < -0.39 is 0 Å². The van der Waals surface area contributed by atoms with E-state index in [0.29, 0.717) is 23.7 Å². The number of nitrogens with one attached hydrogen (secondary N) is 2. The summed E-state index contributed by atoms with van der Waals surface area (Å²) >= 11 is 0. The highest BCUT2D eigenvalue weighted by Crippen LogP contribution is 2.15. The number of fused-ring (bicyclic) bond motifs is 1. The Morgan fingerprint density at radius 1 is 1.43 bits per heavy atom. The van der Waals surface area contributed by atoms with Crippen molar-refractivity contribution in [3.8, 4) is 0 Å². The fourth-order valence-corrected chi connectivity index (χ4v) is 2.24. The second-order valence-corrected chi connectivity index (χ2v) is 4.82. The van der Waals surface area contributed by atoms with Crippen molar-refractivity contribution in [3.63, 3.8) is 0 Å². The Balaban J connectivity index is 1.82. The van der Waals surface area contributed by atoms with Crippen LogP contribution in [0.4, 0.5) is 5.69 Å². The Morgan fingerprint density at radius 2 is 2.29 bits per heavy atom. The topological polar surface area (TPSA) is 83.8 Å². The molecule has 0 saturated heterocycles. The molecule has 108 valence electrons. The molecule has 0 saturated carbocycles. The monoisotopic (exact) mass is 284 g/mol. The van der Waals surface area contributed by atoms with E-state index in [-0.39, 0.29) is 5.56 Å². The van der Waals surface area contributed by atoms with Gasteiger partial charge in [0.1, 0.15) is 11.2 Å². The van der Waals surface area contributed by atoms with Crippen LogP contribution in [-0.2, 0) is 13.0 Å². The molecular weight excluding hydrogens is 268 g/mol. The minimum atomic E-state index is -0.137. The van der Waals surface area contributed by atoms with Crippen LogP contribution >= 0.6 is 0 Å². The molecule has 0 fully saturated rings. The van der Waals surface area contributed by atoms with Gasteiger partial charge in [0.15, 0.2) is 5.58 Å². The smallest absolute Gasteiger partial charge is 0.271 e. The number of anilines is 1. The third-order valence-corrected chi connectivity index (χ3v) is 3.39. The summed E-state index contributed by atoms with van der Waals surface area (Å²) in [6.07, 6.45) is 4.16. The van der Waals surface area contributed by atoms with Gasteiger partial charge in [0, 0.05) is 11.9 Å². The summed E-state index contributed by atoms with van der Waals surface area (Å²) in [6.45, 7) is 4.31. The van der Waals surface area contributed by atoms with Crippen LogP contribution in [0.1, 0.15) is 24.1 Å². The number of H-pyrrole nitrogens is 1. The van der Waals surface area contributed by atoms with Crippen molar-refractivity contribution < 1.29 is 4.42 Å². The fourth-order valence-electron chi connectivity index (χ4n) is 2.24. The first-order valence-corrected chi connectivity index (χ1v) is 6.83. The van der Waals surface area contributed by atoms with Crippen LogP contribution in [0.15, 0.2) is 33.7 Å². The van der Waals surface area contributed by atoms with Crippen molar-refractivity contribution in [3.05, 3.63) is 52.0 Å². The molecule has 0 bridgehead atoms. The quantitative estimate of drug-likeness (QED) is 0.768. The number of aryl methyl sites for hydroxylation is 2. The zero-order valence-corrected chi connectivity index (χ0v) is 11.9. The lowest BCUT2D eigenvalue weighted by molar-refractivity contribution is 0.539. The number of oxazole rings is 1. The Morgan fingerprint density at radius 3 is 3.05 bits per heavy atom. The molecule has 3 rings (SSSR count). The molecule has 3 aromatic rings. The van der Waals surface area contributed by atoms with Gasteiger partial charge in [-0.1, -0.05) is 6.92 Å². The Labute approximate surface area is 121 Å². The highest BCUT2D eigenvalue weighted by molar-refractivity contribution is 5.70. The van der Waals surface area contributed by atoms with E-state index in [1.807, 2.05) is 13.0 Å². The van der Waals surface area contributed by atoms with Gasteiger partial charge in [-0.05, 0) is 31.0 Å². The second kappa shape index (κ2) is 5.40. The summed E-state index contributed by atoms with van der Waals surface area (Å²) in [5, 5.41) is 3.07. The van der Waals surface area contributed by atoms with Crippen molar-refractivity contribution >= 4 is 16.8 Å². The Bertz CT molecular complexity index is 802. The maximum absolute atomic E-state index is 11.9. The van der Waals surface area contributed by atoms with Crippen molar-refractivity contribution in [1.29, 1.82) is 0 Å². The second-order valence-electron chi connectivity index (χ2n) is 4.82. The molecule has 0 atom stereocenters. The molecule has 0 aliphatic carbocycles. The van der Waals surface area contributed by atoms with Crippen LogP contribution in [0, 0.1) is 6.92 Å². The fraction of sp³-hybridized carbons (Fsp3) is 0.267. The summed E-state index contributed by atoms with van der Waals surface area (Å²) in [5.41, 5.74) is 3.80. The van der Waals surface area contributed by atoms with Gasteiger partial charge < -0.3 is 14.7 Å². The molecule has 0 aromatic carbocycles. The van der Waals surface area contributed by atoms with E-state index in [4.69, 9.17) is 4.42 Å². The highest BCUT2D eigenvalue weighted by atomic mass is 16.3. The first kappa shape index (κ1) is 13.4. The van der Waals surface area contributed by atoms with Crippen molar-refractivity contribution in [2.75, 3.05) is 5.32 Å². The van der Waals surface area contributed by atoms with E-state index in [1.54, 1.807) is 18.5 Å². The van der Waals surface area contributed by atoms with Crippen LogP contribution in [0.3, 0.4) is 0 Å². The average molecular weight is 284 g/mol. The lowest BCUT2D eigenvalue weighted by Crippen LogP contribution is -2.16. The predicted molar refractivity (Wildman–Crippen MR) is 80.3 cm³/mol. The van der Waals surface area contributed by atoms with E-state index in [9.17, 15) is 4.79 Å². The number of aromatic nitrogens is 3. The summed E-state index contributed by atoms with van der Waals surface area (Å²) in [5.74, 6) is 0.524. The van der Waals surface area contributed by atoms with E-state index in [2.05, 4.69) is 27.2 Å². The van der Waals surface area contributed by atoms with E-state index in [0.717, 1.165) is 23.2 Å². The van der Waals surface area contributed by atoms with Gasteiger partial charge in [0.25, 0.3) is 5.56 Å². The van der Waals surface area contributed by atoms with Crippen LogP contribution in [-0.4, -0.2) is 15.0 Å². The molecular formula is C15H16N4O2. The molecule has 2 N–H and O–H groups in total. The largest absolute Gasteiger partial charge is 0.437 e. The first-order valence-electron chi connectivity index (χ1n) is 6.83. The van der Waals surface area contributed by atoms with Crippen molar-refractivity contribution in [2.45, 2.75) is 26.8 Å². The molecule has 6 nitrogen and oxygen atoms in total. The summed E-state index contributed by atoms with van der Waals surface area (Å²) in [4.78, 5) is 23.1. The Hall–Kier alpha value is -2.63. The van der Waals surface area contributed by atoms with Crippen LogP contribution in [0.25, 0.3) is 11.1 Å². The van der Waals surface area contributed by atoms with Crippen molar-refractivity contribution in [2.24, 2.45) is 0 Å². The zero-order valence-electron chi connectivity index (χ0n) is 11.9. The third kappa shape index (κ3) is 2.65. The number of rotatable bonds is 4. The molecule has 0 aliphatic rings. The molecule has 3 heterocycles. The zero-order chi connectivity index (χ0) is 14.8. The normalized spacial score (nSPS) is 11.0. The first-order chi connectivity index (χ1) is 10.2. The SMILES string of the molecule is CCc1cc(NCc2nc3ccncc3o2)c(=O)[nH]c1C. The molecule has 0 aliphatic heterocycles. The van der Waals surface area contributed by atoms with E-state index in [1.165, 1.54) is 0 Å². The molecule has 6 heteroatoms. The standard InChI is InChI=1S/C15H16N4O2/c1-3-10-6-12(15(20)18-9(10)2)17-8-14-19-11-4-5-16-7-13(11)21-14/h4-7,17H,3,8H2,1-2H3,(H,18,20). The summed E-state index contributed by atoms with van der Waals surface area (Å²) in [6, 6.07) is 3.66. The van der Waals surface area contributed by atoms with Gasteiger partial charge >= 0.3 is 0 Å². The molecule has 3 aromatic heterocycles. The third-order valence-electron chi connectivity index (χ3n) is 3.39. The van der Waals surface area contributed by atoms with Gasteiger partial charge in [-0.2, -0.15) is 0 Å². The number of pyridine rings is 2. The van der Waals surface area contributed by atoms with Crippen molar-refractivity contribution in [1.82, 2.24) is 15.0 Å². The lowest BCUT2D eigenvalue weighted by atomic mass is 10.1. The van der Waals surface area contributed by atoms with Gasteiger partial charge in [-0.3, -0.25) is 9.78 Å². The van der Waals surface area contributed by atoms with Gasteiger partial charge in [-0.15, -0.1) is 0 Å². The number of aromatic amines is 1. The summed E-state index contributed by atoms with van der Waals surface area (Å²) < 4.78 is 5.56. The number of nitrogens with zero attached hydrogens (tertiary/aromatic N) is 2. The minimum absolute atomic E-state index is 0.137. The van der Waals surface area contributed by atoms with Gasteiger partial charge in [0.2, 0.25) is 5.89 Å². The highest BCUT2D eigenvalue weighted by Gasteiger charge is 2.08. The molecule has 21 heavy (non-hydrogen) atoms. The minimum Gasteiger partial charge on any atom is -0.437 e. The molecule has 0 radical (unpaired) electrons. The van der Waals surface area contributed by atoms with Crippen LogP contribution in [0.2, 0.25) is 0 Å². The number of hydrogen-bond donors (Lipinski definition) is 2.